The molecule has 0 aliphatic carbocycles. The molecule has 0 bridgehead atoms. The molecule has 1 heteroatoms. The van der Waals surface area contributed by atoms with E-state index in [2.05, 4.69) is 27.7 Å². The topological polar surface area (TPSA) is 0 Å². The molecule has 0 radical (unpaired) electrons. The fourth-order valence-electron chi connectivity index (χ4n) is 9.76. The van der Waals surface area contributed by atoms with Crippen molar-refractivity contribution in [1.29, 1.82) is 0 Å². The zero-order valence-electron chi connectivity index (χ0n) is 39.9. The van der Waals surface area contributed by atoms with Gasteiger partial charge in [-0.1, -0.05) is 78.6 Å². The van der Waals surface area contributed by atoms with Gasteiger partial charge in [0.25, 0.3) is 0 Å². The Morgan fingerprint density at radius 1 is 0.145 bits per heavy atom. The van der Waals surface area contributed by atoms with Gasteiger partial charge >= 0.3 is 276 Å². The minimum atomic E-state index is -1.15. The predicted octanol–water partition coefficient (Wildman–Crippen LogP) is 20.8. The van der Waals surface area contributed by atoms with Gasteiger partial charge in [0.2, 0.25) is 0 Å². The van der Waals surface area contributed by atoms with Crippen molar-refractivity contribution in [2.45, 2.75) is 323 Å². The molecule has 334 valence electrons. The van der Waals surface area contributed by atoms with Crippen LogP contribution in [0.5, 0.6) is 0 Å². The maximum absolute atomic E-state index is 2.41. The SMILES string of the molecule is CCCCCCCCCCCCCCCC[PH](CCCCCC)(CCCCCCCCCCCCCCCC)CCCCCCCCCCCCCCCC. The standard InChI is InChI=1S/C54H113P/c1-5-9-13-17-20-23-26-29-32-35-38-41-44-48-52-55(51-47-16-12-8-4,53-49-45-42-39-36-33-30-27-24-21-18-14-10-6-2)54-50-46-43-40-37-34-31-28-25-22-19-15-11-7-3/h55H,5-54H2,1-4H3. The zero-order chi connectivity index (χ0) is 39.9. The Morgan fingerprint density at radius 3 is 0.400 bits per heavy atom. The van der Waals surface area contributed by atoms with Crippen molar-refractivity contribution < 1.29 is 0 Å². The molecule has 0 aliphatic rings. The van der Waals surface area contributed by atoms with E-state index in [1.54, 1.807) is 69.6 Å². The van der Waals surface area contributed by atoms with Gasteiger partial charge in [-0.25, -0.2) is 0 Å². The van der Waals surface area contributed by atoms with Gasteiger partial charge in [0.1, 0.15) is 0 Å². The van der Waals surface area contributed by atoms with Crippen LogP contribution in [-0.4, -0.2) is 24.6 Å². The van der Waals surface area contributed by atoms with Crippen LogP contribution < -0.4 is 0 Å². The van der Waals surface area contributed by atoms with Gasteiger partial charge in [0.15, 0.2) is 0 Å². The Hall–Kier alpha value is 0.430. The third-order valence-electron chi connectivity index (χ3n) is 13.7. The molecule has 0 amide bonds. The quantitative estimate of drug-likeness (QED) is 0.0425. The number of hydrogen-bond acceptors (Lipinski definition) is 0. The summed E-state index contributed by atoms with van der Waals surface area (Å²) in [7, 11) is -1.15. The molecule has 0 aliphatic heterocycles. The Balaban J connectivity index is 4.59. The predicted molar refractivity (Wildman–Crippen MR) is 263 cm³/mol. The Kier molecular flexibility index (Phi) is 49.2. The van der Waals surface area contributed by atoms with Crippen LogP contribution in [-0.2, 0) is 0 Å². The molecule has 0 saturated heterocycles. The molecule has 0 aromatic rings. The van der Waals surface area contributed by atoms with Gasteiger partial charge in [0, 0.05) is 0 Å². The van der Waals surface area contributed by atoms with E-state index in [9.17, 15) is 0 Å². The fraction of sp³-hybridized carbons (Fsp3) is 1.00. The summed E-state index contributed by atoms with van der Waals surface area (Å²) in [5.74, 6) is 0. The van der Waals surface area contributed by atoms with Crippen LogP contribution in [0.15, 0.2) is 0 Å². The van der Waals surface area contributed by atoms with E-state index in [0.717, 1.165) is 0 Å². The molecule has 0 aromatic heterocycles. The normalized spacial score (nSPS) is 12.3. The zero-order valence-corrected chi connectivity index (χ0v) is 40.9. The number of rotatable bonds is 50. The molecule has 0 heterocycles. The first-order valence-electron chi connectivity index (χ1n) is 27.2. The van der Waals surface area contributed by atoms with E-state index < -0.39 is 7.26 Å². The third kappa shape index (κ3) is 43.8. The summed E-state index contributed by atoms with van der Waals surface area (Å²) in [4.78, 5) is 0. The van der Waals surface area contributed by atoms with Crippen LogP contribution in [0.1, 0.15) is 323 Å². The van der Waals surface area contributed by atoms with E-state index in [-0.39, 0.29) is 0 Å². The second-order valence-electron chi connectivity index (χ2n) is 19.3. The second kappa shape index (κ2) is 48.8. The average Bonchev–Trinajstić information content (AvgIpc) is 3.19. The van der Waals surface area contributed by atoms with Crippen molar-refractivity contribution in [3.63, 3.8) is 0 Å². The molecule has 55 heavy (non-hydrogen) atoms. The Morgan fingerprint density at radius 2 is 0.255 bits per heavy atom. The summed E-state index contributed by atoms with van der Waals surface area (Å²) >= 11 is 0. The first kappa shape index (κ1) is 55.4. The molecular formula is C54H113P. The molecule has 0 N–H and O–H groups in total. The number of hydrogen-bond donors (Lipinski definition) is 0. The van der Waals surface area contributed by atoms with Gasteiger partial charge in [-0.3, -0.25) is 0 Å². The second-order valence-corrected chi connectivity index (χ2v) is 24.3. The first-order valence-corrected chi connectivity index (χ1v) is 30.1. The van der Waals surface area contributed by atoms with E-state index >= 15 is 0 Å². The summed E-state index contributed by atoms with van der Waals surface area (Å²) in [6.07, 6.45) is 75.5. The van der Waals surface area contributed by atoms with Crippen molar-refractivity contribution in [2.24, 2.45) is 0 Å². The smallest absolute Gasteiger partial charge is 0.0654 e. The van der Waals surface area contributed by atoms with Crippen LogP contribution in [0.4, 0.5) is 0 Å². The van der Waals surface area contributed by atoms with Gasteiger partial charge in [0.05, 0.1) is 0 Å². The van der Waals surface area contributed by atoms with Crippen molar-refractivity contribution >= 4 is 7.26 Å². The van der Waals surface area contributed by atoms with Crippen LogP contribution in [0.25, 0.3) is 0 Å². The molecule has 0 rings (SSSR count). The summed E-state index contributed by atoms with van der Waals surface area (Å²) in [5, 5.41) is 0. The number of unbranched alkanes of at least 4 members (excludes halogenated alkanes) is 42. The molecule has 0 aromatic carbocycles. The summed E-state index contributed by atoms with van der Waals surface area (Å²) in [6.45, 7) is 9.39. The molecule has 0 atom stereocenters. The molecular weight excluding hydrogens is 680 g/mol. The summed E-state index contributed by atoms with van der Waals surface area (Å²) in [6, 6.07) is 0. The first-order chi connectivity index (χ1) is 27.2. The van der Waals surface area contributed by atoms with Crippen molar-refractivity contribution in [3.8, 4) is 0 Å². The monoisotopic (exact) mass is 793 g/mol. The van der Waals surface area contributed by atoms with E-state index in [1.165, 1.54) is 250 Å². The van der Waals surface area contributed by atoms with Crippen molar-refractivity contribution in [3.05, 3.63) is 0 Å². The van der Waals surface area contributed by atoms with Crippen LogP contribution in [0.2, 0.25) is 0 Å². The Bertz CT molecular complexity index is 577. The van der Waals surface area contributed by atoms with E-state index in [1.807, 2.05) is 0 Å². The fourth-order valence-corrected chi connectivity index (χ4v) is 15.3. The van der Waals surface area contributed by atoms with E-state index in [4.69, 9.17) is 0 Å². The van der Waals surface area contributed by atoms with Crippen LogP contribution >= 0.6 is 7.26 Å². The molecule has 0 unspecified atom stereocenters. The van der Waals surface area contributed by atoms with Crippen molar-refractivity contribution in [2.75, 3.05) is 24.6 Å². The third-order valence-corrected chi connectivity index (χ3v) is 19.4. The van der Waals surface area contributed by atoms with Crippen LogP contribution in [0.3, 0.4) is 0 Å². The molecule has 0 saturated carbocycles. The Labute approximate surface area is 353 Å². The average molecular weight is 793 g/mol. The van der Waals surface area contributed by atoms with Crippen LogP contribution in [0, 0.1) is 0 Å². The summed E-state index contributed by atoms with van der Waals surface area (Å²) in [5.41, 5.74) is 0. The van der Waals surface area contributed by atoms with Gasteiger partial charge in [-0.2, -0.15) is 0 Å². The molecule has 0 nitrogen and oxygen atoms in total. The van der Waals surface area contributed by atoms with Crippen molar-refractivity contribution in [1.82, 2.24) is 0 Å². The minimum absolute atomic E-state index is 1.15. The minimum Gasteiger partial charge on any atom is -0.0654 e. The van der Waals surface area contributed by atoms with Gasteiger partial charge < -0.3 is 0 Å². The molecule has 0 spiro atoms. The molecule has 0 fully saturated rings. The maximum atomic E-state index is 2.41. The van der Waals surface area contributed by atoms with Gasteiger partial charge in [-0.05, 0) is 0 Å². The van der Waals surface area contributed by atoms with E-state index in [0.29, 0.717) is 0 Å². The van der Waals surface area contributed by atoms with Gasteiger partial charge in [-0.15, -0.1) is 0 Å². The summed E-state index contributed by atoms with van der Waals surface area (Å²) < 4.78 is 0.